The van der Waals surface area contributed by atoms with Crippen molar-refractivity contribution in [1.29, 1.82) is 0 Å². The molecule has 1 amide bonds. The van der Waals surface area contributed by atoms with Gasteiger partial charge in [0.05, 0.1) is 0 Å². The average Bonchev–Trinajstić information content (AvgIpc) is 3.01. The lowest BCUT2D eigenvalue weighted by Gasteiger charge is -2.30. The van der Waals surface area contributed by atoms with Crippen LogP contribution in [0.4, 0.5) is 0 Å². The normalized spacial score (nSPS) is 18.0. The molecule has 1 aromatic heterocycles. The summed E-state index contributed by atoms with van der Waals surface area (Å²) in [5.41, 5.74) is 0. The van der Waals surface area contributed by atoms with Gasteiger partial charge in [0.1, 0.15) is 12.3 Å². The standard InChI is InChI=1S/C16H21N5O2/c1-13-6-5-9-20(10-13)16(22)11-21-18-15(17-19-21)12-23-14-7-3-2-4-8-14/h2-4,7-8,13H,5-6,9-12H2,1H3/t13-/m1/s1. The first kappa shape index (κ1) is 15.5. The first-order valence-electron chi connectivity index (χ1n) is 7.93. The Kier molecular flexibility index (Phi) is 4.85. The van der Waals surface area contributed by atoms with Gasteiger partial charge in [-0.3, -0.25) is 4.79 Å². The predicted molar refractivity (Wildman–Crippen MR) is 83.6 cm³/mol. The highest BCUT2D eigenvalue weighted by Crippen LogP contribution is 2.15. The molecular formula is C16H21N5O2. The number of carbonyl (C=O) groups excluding carboxylic acids is 1. The fourth-order valence-corrected chi connectivity index (χ4v) is 2.70. The summed E-state index contributed by atoms with van der Waals surface area (Å²) in [5, 5.41) is 12.1. The van der Waals surface area contributed by atoms with Crippen molar-refractivity contribution in [2.45, 2.75) is 32.9 Å². The van der Waals surface area contributed by atoms with Crippen LogP contribution in [0.15, 0.2) is 30.3 Å². The van der Waals surface area contributed by atoms with E-state index in [1.807, 2.05) is 35.2 Å². The van der Waals surface area contributed by atoms with Crippen LogP contribution in [-0.4, -0.2) is 44.1 Å². The van der Waals surface area contributed by atoms with Gasteiger partial charge >= 0.3 is 0 Å². The van der Waals surface area contributed by atoms with Gasteiger partial charge in [0.2, 0.25) is 11.7 Å². The highest BCUT2D eigenvalue weighted by molar-refractivity contribution is 5.75. The molecule has 7 nitrogen and oxygen atoms in total. The summed E-state index contributed by atoms with van der Waals surface area (Å²) < 4.78 is 5.57. The van der Waals surface area contributed by atoms with Crippen molar-refractivity contribution in [3.05, 3.63) is 36.2 Å². The minimum atomic E-state index is 0.0458. The third-order valence-electron chi connectivity index (χ3n) is 3.89. The van der Waals surface area contributed by atoms with Crippen LogP contribution in [0.2, 0.25) is 0 Å². The van der Waals surface area contributed by atoms with Gasteiger partial charge in [-0.05, 0) is 36.1 Å². The first-order chi connectivity index (χ1) is 11.2. The molecule has 0 radical (unpaired) electrons. The molecule has 0 saturated carbocycles. The number of aromatic nitrogens is 4. The van der Waals surface area contributed by atoms with E-state index in [2.05, 4.69) is 22.3 Å². The number of piperidine rings is 1. The van der Waals surface area contributed by atoms with Crippen molar-refractivity contribution < 1.29 is 9.53 Å². The van der Waals surface area contributed by atoms with Crippen LogP contribution in [0, 0.1) is 5.92 Å². The number of hydrogen-bond acceptors (Lipinski definition) is 5. The van der Waals surface area contributed by atoms with E-state index >= 15 is 0 Å². The molecule has 0 spiro atoms. The Morgan fingerprint density at radius 2 is 2.17 bits per heavy atom. The Morgan fingerprint density at radius 1 is 1.35 bits per heavy atom. The lowest BCUT2D eigenvalue weighted by atomic mass is 10.0. The molecule has 0 N–H and O–H groups in total. The molecule has 1 aliphatic rings. The van der Waals surface area contributed by atoms with Crippen molar-refractivity contribution in [3.63, 3.8) is 0 Å². The maximum absolute atomic E-state index is 12.3. The van der Waals surface area contributed by atoms with E-state index in [1.165, 1.54) is 11.2 Å². The topological polar surface area (TPSA) is 73.1 Å². The van der Waals surface area contributed by atoms with Crippen molar-refractivity contribution in [2.24, 2.45) is 5.92 Å². The Labute approximate surface area is 135 Å². The molecule has 0 bridgehead atoms. The van der Waals surface area contributed by atoms with E-state index in [4.69, 9.17) is 4.74 Å². The third-order valence-corrected chi connectivity index (χ3v) is 3.89. The van der Waals surface area contributed by atoms with Gasteiger partial charge in [0, 0.05) is 13.1 Å². The fourth-order valence-electron chi connectivity index (χ4n) is 2.70. The molecule has 1 atom stereocenters. The van der Waals surface area contributed by atoms with E-state index in [0.717, 1.165) is 25.3 Å². The number of tetrazole rings is 1. The van der Waals surface area contributed by atoms with Crippen LogP contribution in [0.1, 0.15) is 25.6 Å². The predicted octanol–water partition coefficient (Wildman–Crippen LogP) is 1.51. The van der Waals surface area contributed by atoms with E-state index in [-0.39, 0.29) is 19.1 Å². The Balaban J connectivity index is 1.51. The van der Waals surface area contributed by atoms with Gasteiger partial charge < -0.3 is 9.64 Å². The number of para-hydroxylation sites is 1. The molecule has 1 fully saturated rings. The summed E-state index contributed by atoms with van der Waals surface area (Å²) in [7, 11) is 0. The fraction of sp³-hybridized carbons (Fsp3) is 0.500. The van der Waals surface area contributed by atoms with Gasteiger partial charge in [-0.25, -0.2) is 0 Å². The molecule has 3 rings (SSSR count). The Morgan fingerprint density at radius 3 is 2.96 bits per heavy atom. The molecule has 23 heavy (non-hydrogen) atoms. The van der Waals surface area contributed by atoms with Gasteiger partial charge in [-0.1, -0.05) is 25.1 Å². The number of rotatable bonds is 5. The molecule has 0 unspecified atom stereocenters. The second-order valence-corrected chi connectivity index (χ2v) is 5.92. The zero-order valence-electron chi connectivity index (χ0n) is 13.3. The summed E-state index contributed by atoms with van der Waals surface area (Å²) in [6.45, 7) is 4.18. The summed E-state index contributed by atoms with van der Waals surface area (Å²) in [4.78, 5) is 15.5. The molecule has 1 saturated heterocycles. The lowest BCUT2D eigenvalue weighted by Crippen LogP contribution is -2.41. The monoisotopic (exact) mass is 315 g/mol. The molecule has 1 aliphatic heterocycles. The Hall–Kier alpha value is -2.44. The van der Waals surface area contributed by atoms with E-state index in [1.54, 1.807) is 0 Å². The summed E-state index contributed by atoms with van der Waals surface area (Å²) in [6, 6.07) is 9.46. The zero-order valence-corrected chi connectivity index (χ0v) is 13.3. The van der Waals surface area contributed by atoms with Crippen LogP contribution in [0.5, 0.6) is 5.75 Å². The molecule has 7 heteroatoms. The minimum Gasteiger partial charge on any atom is -0.485 e. The molecule has 122 valence electrons. The van der Waals surface area contributed by atoms with Crippen molar-refractivity contribution in [3.8, 4) is 5.75 Å². The zero-order chi connectivity index (χ0) is 16.1. The number of carbonyl (C=O) groups is 1. The SMILES string of the molecule is C[C@@H]1CCCN(C(=O)Cn2nnc(COc3ccccc3)n2)C1. The van der Waals surface area contributed by atoms with Crippen LogP contribution in [-0.2, 0) is 17.9 Å². The molecule has 2 heterocycles. The summed E-state index contributed by atoms with van der Waals surface area (Å²) >= 11 is 0. The number of likely N-dealkylation sites (tertiary alicyclic amines) is 1. The van der Waals surface area contributed by atoms with Crippen LogP contribution < -0.4 is 4.74 Å². The quantitative estimate of drug-likeness (QED) is 0.836. The molecule has 0 aliphatic carbocycles. The van der Waals surface area contributed by atoms with Crippen molar-refractivity contribution in [2.75, 3.05) is 13.1 Å². The van der Waals surface area contributed by atoms with Gasteiger partial charge in [0.15, 0.2) is 6.61 Å². The number of hydrogen-bond donors (Lipinski definition) is 0. The number of nitrogens with zero attached hydrogens (tertiary/aromatic N) is 5. The lowest BCUT2D eigenvalue weighted by molar-refractivity contribution is -0.134. The molecule has 2 aromatic rings. The largest absolute Gasteiger partial charge is 0.485 e. The smallest absolute Gasteiger partial charge is 0.246 e. The second-order valence-electron chi connectivity index (χ2n) is 5.92. The molecule has 1 aromatic carbocycles. The van der Waals surface area contributed by atoms with Crippen molar-refractivity contribution >= 4 is 5.91 Å². The molecular weight excluding hydrogens is 294 g/mol. The number of benzene rings is 1. The van der Waals surface area contributed by atoms with Gasteiger partial charge in [0.25, 0.3) is 0 Å². The van der Waals surface area contributed by atoms with Gasteiger partial charge in [-0.15, -0.1) is 10.2 Å². The first-order valence-corrected chi connectivity index (χ1v) is 7.93. The van der Waals surface area contributed by atoms with Crippen LogP contribution in [0.25, 0.3) is 0 Å². The number of amides is 1. The van der Waals surface area contributed by atoms with Crippen LogP contribution >= 0.6 is 0 Å². The summed E-state index contributed by atoms with van der Waals surface area (Å²) in [5.74, 6) is 1.83. The van der Waals surface area contributed by atoms with E-state index < -0.39 is 0 Å². The number of ether oxygens (including phenoxy) is 1. The minimum absolute atomic E-state index is 0.0458. The second kappa shape index (κ2) is 7.21. The highest BCUT2D eigenvalue weighted by atomic mass is 16.5. The average molecular weight is 315 g/mol. The highest BCUT2D eigenvalue weighted by Gasteiger charge is 2.21. The van der Waals surface area contributed by atoms with E-state index in [9.17, 15) is 4.79 Å². The van der Waals surface area contributed by atoms with Gasteiger partial charge in [-0.2, -0.15) is 4.80 Å². The Bertz CT molecular complexity index is 643. The third kappa shape index (κ3) is 4.28. The maximum Gasteiger partial charge on any atom is 0.246 e. The van der Waals surface area contributed by atoms with Crippen LogP contribution in [0.3, 0.4) is 0 Å². The summed E-state index contributed by atoms with van der Waals surface area (Å²) in [6.07, 6.45) is 2.25. The van der Waals surface area contributed by atoms with Crippen molar-refractivity contribution in [1.82, 2.24) is 25.1 Å². The van der Waals surface area contributed by atoms with E-state index in [0.29, 0.717) is 11.7 Å². The maximum atomic E-state index is 12.3.